The minimum atomic E-state index is -0.506. The standard InChI is InChI=1S/C18H19N5O3/c1-11(2)17-18(22-8-7-12(3)9-16(22)19-17)21-20-13-5-6-15(26-4)14(10-13)23(24)25/h5-11H,1-4H3. The molecule has 26 heavy (non-hydrogen) atoms. The molecule has 0 aliphatic rings. The second-order valence-electron chi connectivity index (χ2n) is 6.22. The molecule has 2 heterocycles. The number of nitro groups is 1. The molecule has 0 N–H and O–H groups in total. The Balaban J connectivity index is 2.07. The zero-order valence-corrected chi connectivity index (χ0v) is 15.0. The summed E-state index contributed by atoms with van der Waals surface area (Å²) < 4.78 is 6.87. The maximum Gasteiger partial charge on any atom is 0.313 e. The molecule has 0 amide bonds. The number of azo groups is 1. The van der Waals surface area contributed by atoms with Gasteiger partial charge in [-0.25, -0.2) is 4.98 Å². The van der Waals surface area contributed by atoms with Crippen LogP contribution in [0.4, 0.5) is 17.2 Å². The number of aromatic nitrogens is 2. The van der Waals surface area contributed by atoms with Gasteiger partial charge in [0.05, 0.1) is 23.4 Å². The number of benzene rings is 1. The number of nitrogens with zero attached hydrogens (tertiary/aromatic N) is 5. The maximum absolute atomic E-state index is 11.2. The summed E-state index contributed by atoms with van der Waals surface area (Å²) in [5.41, 5.74) is 2.94. The summed E-state index contributed by atoms with van der Waals surface area (Å²) in [4.78, 5) is 15.3. The van der Waals surface area contributed by atoms with Crippen LogP contribution < -0.4 is 4.74 Å². The summed E-state index contributed by atoms with van der Waals surface area (Å²) >= 11 is 0. The molecule has 0 fully saturated rings. The van der Waals surface area contributed by atoms with E-state index in [2.05, 4.69) is 15.2 Å². The van der Waals surface area contributed by atoms with Crippen molar-refractivity contribution >= 4 is 22.8 Å². The Morgan fingerprint density at radius 3 is 2.65 bits per heavy atom. The lowest BCUT2D eigenvalue weighted by atomic mass is 10.1. The fourth-order valence-electron chi connectivity index (χ4n) is 2.63. The van der Waals surface area contributed by atoms with E-state index < -0.39 is 4.92 Å². The van der Waals surface area contributed by atoms with E-state index in [9.17, 15) is 10.1 Å². The Hall–Kier alpha value is -3.29. The summed E-state index contributed by atoms with van der Waals surface area (Å²) in [6.45, 7) is 6.07. The number of ether oxygens (including phenoxy) is 1. The van der Waals surface area contributed by atoms with E-state index in [1.807, 2.05) is 43.5 Å². The molecule has 0 unspecified atom stereocenters. The molecule has 0 spiro atoms. The number of pyridine rings is 1. The van der Waals surface area contributed by atoms with E-state index in [4.69, 9.17) is 4.74 Å². The van der Waals surface area contributed by atoms with Crippen LogP contribution in [0.1, 0.15) is 31.0 Å². The summed E-state index contributed by atoms with van der Waals surface area (Å²) in [5, 5.41) is 19.7. The predicted molar refractivity (Wildman–Crippen MR) is 97.8 cm³/mol. The number of aryl methyl sites for hydroxylation is 1. The zero-order valence-electron chi connectivity index (χ0n) is 15.0. The summed E-state index contributed by atoms with van der Waals surface area (Å²) in [5.74, 6) is 0.963. The van der Waals surface area contributed by atoms with Crippen molar-refractivity contribution in [3.63, 3.8) is 0 Å². The first-order valence-electron chi connectivity index (χ1n) is 8.13. The SMILES string of the molecule is COc1ccc(N=Nc2c(C(C)C)nc3cc(C)ccn23)cc1[N+](=O)[O-]. The van der Waals surface area contributed by atoms with E-state index in [0.29, 0.717) is 11.5 Å². The van der Waals surface area contributed by atoms with Crippen LogP contribution in [0.3, 0.4) is 0 Å². The Kier molecular flexibility index (Phi) is 4.66. The molecule has 0 aliphatic heterocycles. The van der Waals surface area contributed by atoms with Gasteiger partial charge in [-0.1, -0.05) is 13.8 Å². The van der Waals surface area contributed by atoms with Crippen molar-refractivity contribution in [2.24, 2.45) is 10.2 Å². The molecular formula is C18H19N5O3. The number of hydrogen-bond acceptors (Lipinski definition) is 6. The van der Waals surface area contributed by atoms with Gasteiger partial charge in [-0.15, -0.1) is 10.2 Å². The monoisotopic (exact) mass is 353 g/mol. The van der Waals surface area contributed by atoms with Gasteiger partial charge in [-0.2, -0.15) is 0 Å². The second kappa shape index (κ2) is 6.91. The average molecular weight is 353 g/mol. The first-order chi connectivity index (χ1) is 12.4. The van der Waals surface area contributed by atoms with Crippen LogP contribution in [-0.4, -0.2) is 21.4 Å². The Morgan fingerprint density at radius 1 is 1.23 bits per heavy atom. The lowest BCUT2D eigenvalue weighted by Crippen LogP contribution is -1.92. The van der Waals surface area contributed by atoms with Gasteiger partial charge in [-0.3, -0.25) is 14.5 Å². The molecule has 3 aromatic rings. The minimum absolute atomic E-state index is 0.151. The number of fused-ring (bicyclic) bond motifs is 1. The highest BCUT2D eigenvalue weighted by atomic mass is 16.6. The van der Waals surface area contributed by atoms with Crippen molar-refractivity contribution < 1.29 is 9.66 Å². The fourth-order valence-corrected chi connectivity index (χ4v) is 2.63. The molecule has 0 bridgehead atoms. The highest BCUT2D eigenvalue weighted by Crippen LogP contribution is 2.33. The fraction of sp³-hybridized carbons (Fsp3) is 0.278. The molecule has 8 nitrogen and oxygen atoms in total. The lowest BCUT2D eigenvalue weighted by Gasteiger charge is -2.03. The molecule has 8 heteroatoms. The van der Waals surface area contributed by atoms with Gasteiger partial charge in [0.15, 0.2) is 11.6 Å². The number of methoxy groups -OCH3 is 1. The molecule has 0 saturated carbocycles. The highest BCUT2D eigenvalue weighted by molar-refractivity contribution is 5.57. The van der Waals surface area contributed by atoms with Crippen molar-refractivity contribution in [3.05, 3.63) is 57.9 Å². The number of imidazole rings is 1. The van der Waals surface area contributed by atoms with Crippen LogP contribution in [0, 0.1) is 17.0 Å². The predicted octanol–water partition coefficient (Wildman–Crippen LogP) is 5.10. The van der Waals surface area contributed by atoms with Gasteiger partial charge in [0.1, 0.15) is 5.65 Å². The van der Waals surface area contributed by atoms with E-state index in [1.54, 1.807) is 6.07 Å². The summed E-state index contributed by atoms with van der Waals surface area (Å²) in [6.07, 6.45) is 1.90. The molecule has 1 aromatic carbocycles. The van der Waals surface area contributed by atoms with Gasteiger partial charge < -0.3 is 4.74 Å². The Labute approximate surface area is 150 Å². The van der Waals surface area contributed by atoms with Gasteiger partial charge in [0, 0.05) is 12.3 Å². The summed E-state index contributed by atoms with van der Waals surface area (Å²) in [6, 6.07) is 8.41. The third-order valence-electron chi connectivity index (χ3n) is 3.95. The van der Waals surface area contributed by atoms with Crippen molar-refractivity contribution in [1.29, 1.82) is 0 Å². The van der Waals surface area contributed by atoms with Crippen molar-refractivity contribution in [3.8, 4) is 5.75 Å². The third-order valence-corrected chi connectivity index (χ3v) is 3.95. The number of hydrogen-bond donors (Lipinski definition) is 0. The minimum Gasteiger partial charge on any atom is -0.490 e. The first kappa shape index (κ1) is 17.5. The number of nitro benzene ring substituents is 1. The van der Waals surface area contributed by atoms with Crippen molar-refractivity contribution in [1.82, 2.24) is 9.38 Å². The molecule has 0 atom stereocenters. The number of rotatable bonds is 5. The lowest BCUT2D eigenvalue weighted by molar-refractivity contribution is -0.385. The topological polar surface area (TPSA) is 94.4 Å². The average Bonchev–Trinajstić information content (AvgIpc) is 2.97. The van der Waals surface area contributed by atoms with Gasteiger partial charge in [0.25, 0.3) is 0 Å². The van der Waals surface area contributed by atoms with E-state index in [-0.39, 0.29) is 17.4 Å². The van der Waals surface area contributed by atoms with Crippen LogP contribution >= 0.6 is 0 Å². The van der Waals surface area contributed by atoms with Crippen LogP contribution in [0.2, 0.25) is 0 Å². The Bertz CT molecular complexity index is 1010. The molecular weight excluding hydrogens is 334 g/mol. The quantitative estimate of drug-likeness (QED) is 0.362. The van der Waals surface area contributed by atoms with E-state index >= 15 is 0 Å². The van der Waals surface area contributed by atoms with E-state index in [1.165, 1.54) is 19.2 Å². The largest absolute Gasteiger partial charge is 0.490 e. The maximum atomic E-state index is 11.2. The van der Waals surface area contributed by atoms with Crippen LogP contribution in [0.25, 0.3) is 5.65 Å². The van der Waals surface area contributed by atoms with Crippen LogP contribution in [0.5, 0.6) is 5.75 Å². The van der Waals surface area contributed by atoms with Crippen LogP contribution in [0.15, 0.2) is 46.8 Å². The van der Waals surface area contributed by atoms with Crippen molar-refractivity contribution in [2.75, 3.05) is 7.11 Å². The molecule has 0 aliphatic carbocycles. The second-order valence-corrected chi connectivity index (χ2v) is 6.22. The summed E-state index contributed by atoms with van der Waals surface area (Å²) in [7, 11) is 1.39. The Morgan fingerprint density at radius 2 is 2.00 bits per heavy atom. The normalized spacial score (nSPS) is 11.6. The zero-order chi connectivity index (χ0) is 18.8. The highest BCUT2D eigenvalue weighted by Gasteiger charge is 2.17. The first-order valence-corrected chi connectivity index (χ1v) is 8.13. The van der Waals surface area contributed by atoms with Crippen molar-refractivity contribution in [2.45, 2.75) is 26.7 Å². The van der Waals surface area contributed by atoms with Crippen LogP contribution in [-0.2, 0) is 0 Å². The smallest absolute Gasteiger partial charge is 0.313 e. The van der Waals surface area contributed by atoms with E-state index in [0.717, 1.165) is 16.9 Å². The molecule has 0 saturated heterocycles. The third kappa shape index (κ3) is 3.26. The molecule has 2 aromatic heterocycles. The van der Waals surface area contributed by atoms with Gasteiger partial charge >= 0.3 is 5.69 Å². The van der Waals surface area contributed by atoms with Gasteiger partial charge in [0.2, 0.25) is 0 Å². The molecule has 3 rings (SSSR count). The molecule has 134 valence electrons. The van der Waals surface area contributed by atoms with Gasteiger partial charge in [-0.05, 0) is 42.7 Å². The molecule has 0 radical (unpaired) electrons.